The Balaban J connectivity index is 1.30. The van der Waals surface area contributed by atoms with E-state index < -0.39 is 0 Å². The number of hydrogen-bond donors (Lipinski definition) is 0. The smallest absolute Gasteiger partial charge is 0.254 e. The summed E-state index contributed by atoms with van der Waals surface area (Å²) < 4.78 is 8.00. The third-order valence-corrected chi connectivity index (χ3v) is 16.1. The summed E-state index contributed by atoms with van der Waals surface area (Å²) in [7, 11) is 0. The van der Waals surface area contributed by atoms with Crippen molar-refractivity contribution in [3.05, 3.63) is 173 Å². The van der Waals surface area contributed by atoms with E-state index in [1.807, 2.05) is 11.3 Å². The van der Waals surface area contributed by atoms with Gasteiger partial charge in [0.25, 0.3) is 6.71 Å². The number of para-hydroxylation sites is 1. The Labute approximate surface area is 414 Å². The summed E-state index contributed by atoms with van der Waals surface area (Å²) in [4.78, 5) is 5.31. The molecule has 0 bridgehead atoms. The molecule has 0 saturated heterocycles. The molecule has 0 radical (unpaired) electrons. The van der Waals surface area contributed by atoms with Crippen LogP contribution in [0.25, 0.3) is 43.5 Å². The zero-order chi connectivity index (χ0) is 48.7. The summed E-state index contributed by atoms with van der Waals surface area (Å²) in [5.41, 5.74) is 22.2. The quantitative estimate of drug-likeness (QED) is 0.164. The number of fused-ring (bicyclic) bond motifs is 7. The first-order valence-corrected chi connectivity index (χ1v) is 25.7. The molecule has 0 unspecified atom stereocenters. The fraction of sp³-hybridized carbons (Fsp3) is 0.281. The maximum absolute atomic E-state index is 6.69. The van der Waals surface area contributed by atoms with Crippen molar-refractivity contribution in [3.63, 3.8) is 0 Å². The van der Waals surface area contributed by atoms with Crippen LogP contribution in [0, 0.1) is 13.8 Å². The van der Waals surface area contributed by atoms with E-state index in [9.17, 15) is 0 Å². The van der Waals surface area contributed by atoms with Gasteiger partial charge < -0.3 is 14.2 Å². The molecule has 69 heavy (non-hydrogen) atoms. The van der Waals surface area contributed by atoms with Crippen LogP contribution in [0.3, 0.4) is 0 Å². The summed E-state index contributed by atoms with van der Waals surface area (Å²) in [6.07, 6.45) is 0. The van der Waals surface area contributed by atoms with Gasteiger partial charge in [-0.25, -0.2) is 0 Å². The minimum Gasteiger partial charge on any atom is -0.456 e. The van der Waals surface area contributed by atoms with Gasteiger partial charge in [0.15, 0.2) is 0 Å². The van der Waals surface area contributed by atoms with Crippen molar-refractivity contribution < 1.29 is 4.42 Å². The molecular formula is C64H65BN2OS. The molecule has 5 heteroatoms. The third-order valence-electron chi connectivity index (χ3n) is 14.9. The van der Waals surface area contributed by atoms with E-state index in [-0.39, 0.29) is 28.4 Å². The van der Waals surface area contributed by atoms with Gasteiger partial charge >= 0.3 is 0 Å². The van der Waals surface area contributed by atoms with Gasteiger partial charge in [-0.2, -0.15) is 0 Å². The Morgan fingerprint density at radius 2 is 1.06 bits per heavy atom. The van der Waals surface area contributed by atoms with E-state index >= 15 is 0 Å². The highest BCUT2D eigenvalue weighted by Crippen LogP contribution is 2.53. The second-order valence-electron chi connectivity index (χ2n) is 24.0. The van der Waals surface area contributed by atoms with Gasteiger partial charge in [0.2, 0.25) is 0 Å². The van der Waals surface area contributed by atoms with Crippen LogP contribution in [0.5, 0.6) is 0 Å². The van der Waals surface area contributed by atoms with Crippen molar-refractivity contribution >= 4 is 88.9 Å². The van der Waals surface area contributed by atoms with Gasteiger partial charge in [0, 0.05) is 38.3 Å². The Morgan fingerprint density at radius 1 is 0.464 bits per heavy atom. The first-order chi connectivity index (χ1) is 32.6. The number of nitrogens with zero attached hydrogens (tertiary/aromatic N) is 2. The number of benzene rings is 7. The van der Waals surface area contributed by atoms with Gasteiger partial charge in [-0.3, -0.25) is 0 Å². The fourth-order valence-electron chi connectivity index (χ4n) is 11.0. The zero-order valence-electron chi connectivity index (χ0n) is 43.1. The minimum atomic E-state index is -0.157. The van der Waals surface area contributed by atoms with Crippen molar-refractivity contribution in [3.8, 4) is 22.5 Å². The van der Waals surface area contributed by atoms with E-state index in [1.165, 1.54) is 98.7 Å². The van der Waals surface area contributed by atoms with E-state index in [0.717, 1.165) is 28.0 Å². The summed E-state index contributed by atoms with van der Waals surface area (Å²) in [6.45, 7) is 32.7. The first-order valence-electron chi connectivity index (χ1n) is 24.9. The van der Waals surface area contributed by atoms with Crippen molar-refractivity contribution in [2.75, 3.05) is 9.80 Å². The molecule has 0 amide bonds. The third kappa shape index (κ3) is 7.46. The van der Waals surface area contributed by atoms with Crippen LogP contribution < -0.4 is 26.2 Å². The number of hydrogen-bond acceptors (Lipinski definition) is 4. The monoisotopic (exact) mass is 920 g/mol. The van der Waals surface area contributed by atoms with Crippen LogP contribution in [0.15, 0.2) is 144 Å². The lowest BCUT2D eigenvalue weighted by Gasteiger charge is -2.45. The number of furan rings is 1. The average molecular weight is 921 g/mol. The molecule has 0 aliphatic carbocycles. The maximum atomic E-state index is 6.69. The standard InChI is InChI=1S/C64H65BN2OS/c1-38-30-45(63(9,10)11)31-39(2)59(38)67-53-37-46(64(12,13)14)36-52-58(53)65(57-48-35-44(62(6,7)8)26-29-56(48)69-60(57)67)49-27-24-42(55-33-41-22-18-19-23-54(41)68-55)32-51(49)66(52)50-28-25-43(61(3,4)5)34-47(50)40-20-16-15-17-21-40/h15-37H,1-14H3. The summed E-state index contributed by atoms with van der Waals surface area (Å²) in [5.74, 6) is 0.871. The van der Waals surface area contributed by atoms with E-state index in [0.29, 0.717) is 0 Å². The highest BCUT2D eigenvalue weighted by atomic mass is 32.1. The summed E-state index contributed by atoms with van der Waals surface area (Å²) >= 11 is 1.95. The molecule has 0 saturated carbocycles. The van der Waals surface area contributed by atoms with Gasteiger partial charge in [-0.1, -0.05) is 174 Å². The number of thiophene rings is 1. The normalized spacial score (nSPS) is 13.9. The lowest BCUT2D eigenvalue weighted by atomic mass is 9.33. The highest BCUT2D eigenvalue weighted by Gasteiger charge is 2.47. The van der Waals surface area contributed by atoms with Crippen LogP contribution in [0.2, 0.25) is 0 Å². The zero-order valence-corrected chi connectivity index (χ0v) is 43.9. The molecule has 0 atom stereocenters. The Kier molecular flexibility index (Phi) is 10.2. The Morgan fingerprint density at radius 3 is 1.71 bits per heavy atom. The molecule has 9 aromatic rings. The number of anilines is 6. The van der Waals surface area contributed by atoms with Crippen LogP contribution in [-0.4, -0.2) is 6.71 Å². The summed E-state index contributed by atoms with van der Waals surface area (Å²) in [6, 6.07) is 53.2. The minimum absolute atomic E-state index is 0.0168. The van der Waals surface area contributed by atoms with Crippen LogP contribution >= 0.6 is 11.3 Å². The van der Waals surface area contributed by atoms with Crippen molar-refractivity contribution in [2.45, 2.75) is 119 Å². The molecule has 0 N–H and O–H groups in total. The summed E-state index contributed by atoms with van der Waals surface area (Å²) in [5, 5.41) is 3.75. The average Bonchev–Trinajstić information content (AvgIpc) is 3.90. The number of aryl methyl sites for hydroxylation is 2. The van der Waals surface area contributed by atoms with E-state index in [4.69, 9.17) is 4.42 Å². The van der Waals surface area contributed by atoms with Crippen LogP contribution in [0.4, 0.5) is 33.4 Å². The van der Waals surface area contributed by atoms with E-state index in [2.05, 4.69) is 246 Å². The molecule has 346 valence electrons. The van der Waals surface area contributed by atoms with Crippen molar-refractivity contribution in [1.82, 2.24) is 0 Å². The predicted octanol–water partition coefficient (Wildman–Crippen LogP) is 16.9. The molecule has 2 aliphatic rings. The molecule has 7 aromatic carbocycles. The molecule has 4 heterocycles. The highest BCUT2D eigenvalue weighted by molar-refractivity contribution is 7.26. The number of rotatable bonds is 4. The largest absolute Gasteiger partial charge is 0.456 e. The predicted molar refractivity (Wildman–Crippen MR) is 301 cm³/mol. The molecule has 2 aromatic heterocycles. The van der Waals surface area contributed by atoms with Crippen molar-refractivity contribution in [2.24, 2.45) is 0 Å². The topological polar surface area (TPSA) is 19.6 Å². The second kappa shape index (κ2) is 15.6. The molecule has 3 nitrogen and oxygen atoms in total. The Bertz CT molecular complexity index is 3470. The molecule has 0 spiro atoms. The van der Waals surface area contributed by atoms with Gasteiger partial charge in [-0.15, -0.1) is 11.3 Å². The van der Waals surface area contributed by atoms with Crippen LogP contribution in [-0.2, 0) is 21.7 Å². The van der Waals surface area contributed by atoms with Gasteiger partial charge in [-0.05, 0) is 145 Å². The SMILES string of the molecule is Cc1cc(C(C)(C)C)cc(C)c1N1c2cc(C(C)(C)C)cc3c2B(c2ccc(-c4cc5ccccc5o4)cc2N3c2ccc(C(C)(C)C)cc2-c2ccccc2)c2c1sc1ccc(C(C)(C)C)cc21. The molecule has 0 fully saturated rings. The fourth-order valence-corrected chi connectivity index (χ4v) is 12.2. The Hall–Kier alpha value is -6.30. The second-order valence-corrected chi connectivity index (χ2v) is 25.1. The first kappa shape index (κ1) is 45.2. The molecule has 11 rings (SSSR count). The van der Waals surface area contributed by atoms with Gasteiger partial charge in [0.1, 0.15) is 11.3 Å². The van der Waals surface area contributed by atoms with Crippen LogP contribution in [0.1, 0.15) is 116 Å². The maximum Gasteiger partial charge on any atom is 0.254 e. The van der Waals surface area contributed by atoms with Gasteiger partial charge in [0.05, 0.1) is 16.4 Å². The van der Waals surface area contributed by atoms with E-state index in [1.54, 1.807) is 0 Å². The van der Waals surface area contributed by atoms with Crippen molar-refractivity contribution in [1.29, 1.82) is 0 Å². The lowest BCUT2D eigenvalue weighted by molar-refractivity contribution is 0.589. The molecule has 2 aliphatic heterocycles. The molecular weight excluding hydrogens is 856 g/mol. The lowest BCUT2D eigenvalue weighted by Crippen LogP contribution is -2.61.